The lowest BCUT2D eigenvalue weighted by molar-refractivity contribution is -0.129. The third kappa shape index (κ3) is 6.13. The van der Waals surface area contributed by atoms with Crippen molar-refractivity contribution in [2.24, 2.45) is 5.73 Å². The minimum absolute atomic E-state index is 0.297. The molecule has 1 aromatic rings. The summed E-state index contributed by atoms with van der Waals surface area (Å²) in [7, 11) is 0. The van der Waals surface area contributed by atoms with Gasteiger partial charge in [-0.25, -0.2) is 4.39 Å². The Morgan fingerprint density at radius 2 is 2.05 bits per heavy atom. The van der Waals surface area contributed by atoms with Gasteiger partial charge in [0, 0.05) is 13.1 Å². The first-order chi connectivity index (χ1) is 9.13. The third-order valence-corrected chi connectivity index (χ3v) is 2.62. The molecule has 0 aliphatic carbocycles. The fraction of sp³-hybridized carbons (Fsp3) is 0.357. The van der Waals surface area contributed by atoms with Gasteiger partial charge in [-0.2, -0.15) is 0 Å². The number of halogens is 1. The Morgan fingerprint density at radius 1 is 1.37 bits per heavy atom. The Morgan fingerprint density at radius 3 is 2.68 bits per heavy atom. The molecule has 104 valence electrons. The molecule has 0 radical (unpaired) electrons. The zero-order valence-electron chi connectivity index (χ0n) is 10.7. The third-order valence-electron chi connectivity index (χ3n) is 2.62. The highest BCUT2D eigenvalue weighted by Crippen LogP contribution is 2.07. The lowest BCUT2D eigenvalue weighted by atomic mass is 10.1. The maximum Gasteiger partial charge on any atom is 0.249 e. The van der Waals surface area contributed by atoms with Crippen molar-refractivity contribution in [3.8, 4) is 0 Å². The molecule has 5 heteroatoms. The van der Waals surface area contributed by atoms with Crippen LogP contribution in [0.25, 0.3) is 0 Å². The highest BCUT2D eigenvalue weighted by Gasteiger charge is 2.13. The van der Waals surface area contributed by atoms with Gasteiger partial charge in [0.05, 0.1) is 0 Å². The molecule has 0 aliphatic heterocycles. The summed E-state index contributed by atoms with van der Waals surface area (Å²) in [5, 5.41) is 12.2. The Labute approximate surface area is 112 Å². The van der Waals surface area contributed by atoms with Crippen LogP contribution in [0.1, 0.15) is 12.0 Å². The number of nitrogens with two attached hydrogens (primary N) is 1. The first-order valence-electron chi connectivity index (χ1n) is 6.18. The zero-order valence-corrected chi connectivity index (χ0v) is 10.7. The number of carbonyl (C=O) groups excluding carboxylic acids is 1. The van der Waals surface area contributed by atoms with Crippen molar-refractivity contribution in [2.45, 2.75) is 18.9 Å². The number of rotatable bonds is 7. The van der Waals surface area contributed by atoms with Crippen LogP contribution in [0.3, 0.4) is 0 Å². The number of aliphatic hydroxyl groups is 1. The average molecular weight is 266 g/mol. The molecule has 0 aromatic heterocycles. The summed E-state index contributed by atoms with van der Waals surface area (Å²) in [6, 6.07) is 6.01. The van der Waals surface area contributed by atoms with Crippen molar-refractivity contribution in [1.29, 1.82) is 0 Å². The number of hydrogen-bond donors (Lipinski definition) is 3. The van der Waals surface area contributed by atoms with Crippen LogP contribution in [0.2, 0.25) is 0 Å². The van der Waals surface area contributed by atoms with E-state index < -0.39 is 12.0 Å². The van der Waals surface area contributed by atoms with Crippen molar-refractivity contribution < 1.29 is 14.3 Å². The van der Waals surface area contributed by atoms with E-state index in [1.165, 1.54) is 12.1 Å². The number of hydrogen-bond acceptors (Lipinski definition) is 3. The van der Waals surface area contributed by atoms with Crippen LogP contribution >= 0.6 is 0 Å². The minimum Gasteiger partial charge on any atom is -0.383 e. The quantitative estimate of drug-likeness (QED) is 0.637. The number of aryl methyl sites for hydroxylation is 1. The fourth-order valence-corrected chi connectivity index (χ4v) is 1.54. The van der Waals surface area contributed by atoms with E-state index >= 15 is 0 Å². The van der Waals surface area contributed by atoms with E-state index in [1.54, 1.807) is 24.3 Å². The summed E-state index contributed by atoms with van der Waals surface area (Å²) < 4.78 is 12.7. The fourth-order valence-electron chi connectivity index (χ4n) is 1.54. The second-order valence-electron chi connectivity index (χ2n) is 4.13. The Balaban J connectivity index is 2.30. The predicted octanol–water partition coefficient (Wildman–Crippen LogP) is 0.750. The number of benzene rings is 1. The molecule has 1 atom stereocenters. The van der Waals surface area contributed by atoms with E-state index in [0.29, 0.717) is 25.9 Å². The molecule has 0 saturated heterocycles. The second-order valence-corrected chi connectivity index (χ2v) is 4.13. The predicted molar refractivity (Wildman–Crippen MR) is 71.9 cm³/mol. The maximum absolute atomic E-state index is 12.7. The van der Waals surface area contributed by atoms with Gasteiger partial charge in [-0.1, -0.05) is 24.3 Å². The zero-order chi connectivity index (χ0) is 14.1. The van der Waals surface area contributed by atoms with E-state index in [2.05, 4.69) is 5.32 Å². The highest BCUT2D eigenvalue weighted by molar-refractivity contribution is 5.80. The van der Waals surface area contributed by atoms with Gasteiger partial charge in [0.2, 0.25) is 5.91 Å². The van der Waals surface area contributed by atoms with Gasteiger partial charge in [-0.3, -0.25) is 4.79 Å². The van der Waals surface area contributed by atoms with Crippen molar-refractivity contribution in [2.75, 3.05) is 13.1 Å². The van der Waals surface area contributed by atoms with Crippen molar-refractivity contribution >= 4 is 5.91 Å². The molecule has 0 bridgehead atoms. The summed E-state index contributed by atoms with van der Waals surface area (Å²) in [6.45, 7) is 0.770. The number of amides is 1. The maximum atomic E-state index is 12.7. The van der Waals surface area contributed by atoms with E-state index in [4.69, 9.17) is 5.73 Å². The number of aliphatic hydroxyl groups excluding tert-OH is 1. The molecule has 0 aliphatic rings. The van der Waals surface area contributed by atoms with Gasteiger partial charge in [0.1, 0.15) is 11.9 Å². The molecule has 0 heterocycles. The smallest absolute Gasteiger partial charge is 0.249 e. The number of carbonyl (C=O) groups is 1. The highest BCUT2D eigenvalue weighted by atomic mass is 19.1. The topological polar surface area (TPSA) is 75.3 Å². The van der Waals surface area contributed by atoms with E-state index in [0.717, 1.165) is 5.56 Å². The molecule has 19 heavy (non-hydrogen) atoms. The Bertz CT molecular complexity index is 418. The van der Waals surface area contributed by atoms with E-state index in [-0.39, 0.29) is 5.82 Å². The molecular weight excluding hydrogens is 247 g/mol. The van der Waals surface area contributed by atoms with E-state index in [1.807, 2.05) is 0 Å². The molecule has 1 aromatic carbocycles. The van der Waals surface area contributed by atoms with Gasteiger partial charge in [-0.05, 0) is 30.5 Å². The summed E-state index contributed by atoms with van der Waals surface area (Å²) in [4.78, 5) is 11.5. The monoisotopic (exact) mass is 266 g/mol. The van der Waals surface area contributed by atoms with E-state index in [9.17, 15) is 14.3 Å². The van der Waals surface area contributed by atoms with Crippen LogP contribution in [0.5, 0.6) is 0 Å². The molecule has 0 fully saturated rings. The first-order valence-corrected chi connectivity index (χ1v) is 6.18. The summed E-state index contributed by atoms with van der Waals surface area (Å²) in [6.07, 6.45) is 3.22. The lowest BCUT2D eigenvalue weighted by Crippen LogP contribution is -2.34. The average Bonchev–Trinajstić information content (AvgIpc) is 2.42. The van der Waals surface area contributed by atoms with Gasteiger partial charge in [0.25, 0.3) is 0 Å². The molecule has 4 N–H and O–H groups in total. The molecule has 0 spiro atoms. The van der Waals surface area contributed by atoms with Crippen molar-refractivity contribution in [3.05, 3.63) is 47.8 Å². The van der Waals surface area contributed by atoms with Gasteiger partial charge in [0.15, 0.2) is 0 Å². The molecule has 1 amide bonds. The van der Waals surface area contributed by atoms with Crippen LogP contribution in [-0.2, 0) is 11.2 Å². The number of nitrogens with one attached hydrogen (secondary N) is 1. The SMILES string of the molecule is NC/C=C/CNC(=O)[C@@H](O)CCc1ccc(F)cc1. The molecule has 4 nitrogen and oxygen atoms in total. The van der Waals surface area contributed by atoms with Crippen LogP contribution in [0.15, 0.2) is 36.4 Å². The Hall–Kier alpha value is -1.72. The van der Waals surface area contributed by atoms with Crippen molar-refractivity contribution in [1.82, 2.24) is 5.32 Å². The molecule has 0 unspecified atom stereocenters. The molecular formula is C14H19FN2O2. The van der Waals surface area contributed by atoms with Gasteiger partial charge < -0.3 is 16.2 Å². The largest absolute Gasteiger partial charge is 0.383 e. The lowest BCUT2D eigenvalue weighted by Gasteiger charge is -2.10. The van der Waals surface area contributed by atoms with Gasteiger partial charge >= 0.3 is 0 Å². The van der Waals surface area contributed by atoms with Crippen LogP contribution in [-0.4, -0.2) is 30.2 Å². The minimum atomic E-state index is -1.06. The summed E-state index contributed by atoms with van der Waals surface area (Å²) in [5.41, 5.74) is 6.14. The normalized spacial score (nSPS) is 12.6. The second kappa shape index (κ2) is 8.39. The molecule has 1 rings (SSSR count). The Kier molecular flexibility index (Phi) is 6.78. The van der Waals surface area contributed by atoms with Gasteiger partial charge in [-0.15, -0.1) is 0 Å². The standard InChI is InChI=1S/C14H19FN2O2/c15-12-6-3-11(4-7-12)5-8-13(18)14(19)17-10-2-1-9-16/h1-4,6-7,13,18H,5,8-10,16H2,(H,17,19)/b2-1+/t13-/m0/s1. The first kappa shape index (κ1) is 15.3. The summed E-state index contributed by atoms with van der Waals surface area (Å²) in [5.74, 6) is -0.711. The van der Waals surface area contributed by atoms with Crippen molar-refractivity contribution in [3.63, 3.8) is 0 Å². The van der Waals surface area contributed by atoms with Crippen LogP contribution in [0.4, 0.5) is 4.39 Å². The van der Waals surface area contributed by atoms with Crippen LogP contribution < -0.4 is 11.1 Å². The van der Waals surface area contributed by atoms with Crippen LogP contribution in [0, 0.1) is 5.82 Å². The molecule has 0 saturated carbocycles. The summed E-state index contributed by atoms with van der Waals surface area (Å²) >= 11 is 0.